The lowest BCUT2D eigenvalue weighted by Gasteiger charge is -2.34. The summed E-state index contributed by atoms with van der Waals surface area (Å²) >= 11 is 13.7. The van der Waals surface area contributed by atoms with Crippen LogP contribution in [0.4, 0.5) is 0 Å². The van der Waals surface area contributed by atoms with E-state index in [1.807, 2.05) is 7.05 Å². The number of likely N-dealkylation sites (tertiary alicyclic amines) is 1. The number of halogens is 2. The number of nitrogens with zero attached hydrogens (tertiary/aromatic N) is 4. The first-order valence-corrected chi connectivity index (χ1v) is 11.4. The van der Waals surface area contributed by atoms with Crippen molar-refractivity contribution in [2.45, 2.75) is 25.9 Å². The molecule has 160 valence electrons. The largest absolute Gasteiger partial charge is 0.375 e. The molecule has 0 bridgehead atoms. The van der Waals surface area contributed by atoms with Gasteiger partial charge in [0.2, 0.25) is 0 Å². The molecule has 4 rings (SSSR count). The van der Waals surface area contributed by atoms with Gasteiger partial charge in [0.05, 0.1) is 39.4 Å². The summed E-state index contributed by atoms with van der Waals surface area (Å²) in [5.74, 6) is 0.0958. The molecule has 4 heterocycles. The molecule has 2 amide bonds. The van der Waals surface area contributed by atoms with Crippen LogP contribution in [0.5, 0.6) is 0 Å². The van der Waals surface area contributed by atoms with E-state index in [0.29, 0.717) is 49.3 Å². The number of hydrogen-bond acceptors (Lipinski definition) is 6. The number of amides is 2. The molecule has 2 aliphatic rings. The van der Waals surface area contributed by atoms with Crippen LogP contribution in [-0.4, -0.2) is 64.9 Å². The predicted molar refractivity (Wildman–Crippen MR) is 115 cm³/mol. The molecule has 2 aromatic heterocycles. The van der Waals surface area contributed by atoms with Gasteiger partial charge in [-0.25, -0.2) is 4.98 Å². The third kappa shape index (κ3) is 4.46. The van der Waals surface area contributed by atoms with Gasteiger partial charge < -0.3 is 14.5 Å². The Morgan fingerprint density at radius 1 is 1.27 bits per heavy atom. The Bertz CT molecular complexity index is 916. The molecule has 2 aliphatic heterocycles. The van der Waals surface area contributed by atoms with Crippen molar-refractivity contribution >= 4 is 46.4 Å². The van der Waals surface area contributed by atoms with E-state index >= 15 is 0 Å². The van der Waals surface area contributed by atoms with E-state index in [4.69, 9.17) is 27.9 Å². The predicted octanol–water partition coefficient (Wildman–Crippen LogP) is 3.54. The fourth-order valence-electron chi connectivity index (χ4n) is 3.84. The van der Waals surface area contributed by atoms with Gasteiger partial charge in [0.1, 0.15) is 0 Å². The van der Waals surface area contributed by atoms with Crippen LogP contribution in [0, 0.1) is 5.92 Å². The molecule has 1 fully saturated rings. The number of carbonyl (C=O) groups excluding carboxylic acids is 2. The first kappa shape index (κ1) is 21.5. The van der Waals surface area contributed by atoms with Gasteiger partial charge in [0.25, 0.3) is 11.8 Å². The highest BCUT2D eigenvalue weighted by atomic mass is 35.5. The SMILES string of the molecule is CN(CC1CCN(C(=O)c2c(Cl)cncc2Cl)CC1)C(=O)c1nc2c(s1)COCC2. The Balaban J connectivity index is 1.32. The van der Waals surface area contributed by atoms with Gasteiger partial charge in [0.15, 0.2) is 5.01 Å². The highest BCUT2D eigenvalue weighted by molar-refractivity contribution is 7.13. The smallest absolute Gasteiger partial charge is 0.282 e. The number of pyridine rings is 1. The van der Waals surface area contributed by atoms with Gasteiger partial charge in [0, 0.05) is 45.5 Å². The minimum Gasteiger partial charge on any atom is -0.375 e. The van der Waals surface area contributed by atoms with E-state index in [2.05, 4.69) is 9.97 Å². The molecular formula is C20H22Cl2N4O3S. The van der Waals surface area contributed by atoms with Crippen LogP contribution in [0.15, 0.2) is 12.4 Å². The maximum atomic E-state index is 12.8. The lowest BCUT2D eigenvalue weighted by atomic mass is 9.95. The molecule has 0 spiro atoms. The third-order valence-electron chi connectivity index (χ3n) is 5.53. The molecule has 7 nitrogen and oxygen atoms in total. The third-order valence-corrected chi connectivity index (χ3v) is 7.16. The van der Waals surface area contributed by atoms with Crippen LogP contribution < -0.4 is 0 Å². The molecular weight excluding hydrogens is 447 g/mol. The maximum absolute atomic E-state index is 12.8. The second-order valence-corrected chi connectivity index (χ2v) is 9.49. The minimum atomic E-state index is -0.175. The van der Waals surface area contributed by atoms with Crippen molar-refractivity contribution in [3.8, 4) is 0 Å². The van der Waals surface area contributed by atoms with Crippen molar-refractivity contribution in [1.29, 1.82) is 0 Å². The fraction of sp³-hybridized carbons (Fsp3) is 0.500. The Kier molecular flexibility index (Phi) is 6.57. The van der Waals surface area contributed by atoms with Gasteiger partial charge in [-0.1, -0.05) is 23.2 Å². The number of rotatable bonds is 4. The van der Waals surface area contributed by atoms with E-state index in [1.165, 1.54) is 23.7 Å². The monoisotopic (exact) mass is 468 g/mol. The summed E-state index contributed by atoms with van der Waals surface area (Å²) < 4.78 is 5.44. The number of carbonyl (C=O) groups is 2. The molecule has 2 aromatic rings. The summed E-state index contributed by atoms with van der Waals surface area (Å²) in [6.45, 7) is 3.04. The number of piperidine rings is 1. The second-order valence-electron chi connectivity index (χ2n) is 7.59. The van der Waals surface area contributed by atoms with E-state index < -0.39 is 0 Å². The van der Waals surface area contributed by atoms with Crippen LogP contribution in [0.1, 0.15) is 43.6 Å². The van der Waals surface area contributed by atoms with Crippen molar-refractivity contribution in [1.82, 2.24) is 19.8 Å². The van der Waals surface area contributed by atoms with Gasteiger partial charge >= 0.3 is 0 Å². The molecule has 0 atom stereocenters. The van der Waals surface area contributed by atoms with Crippen LogP contribution in [0.3, 0.4) is 0 Å². The summed E-state index contributed by atoms with van der Waals surface area (Å²) in [5.41, 5.74) is 1.29. The molecule has 30 heavy (non-hydrogen) atoms. The van der Waals surface area contributed by atoms with Crippen LogP contribution >= 0.6 is 34.5 Å². The summed E-state index contributed by atoms with van der Waals surface area (Å²) in [6.07, 6.45) is 5.24. The standard InChI is InChI=1S/C20H22Cl2N4O3S/c1-25(20(28)18-24-15-4-7-29-11-16(15)30-18)10-12-2-5-26(6-3-12)19(27)17-13(21)8-23-9-14(17)22/h8-9,12H,2-7,10-11H2,1H3. The van der Waals surface area contributed by atoms with Gasteiger partial charge in [-0.05, 0) is 18.8 Å². The number of fused-ring (bicyclic) bond motifs is 1. The highest BCUT2D eigenvalue weighted by Gasteiger charge is 2.29. The van der Waals surface area contributed by atoms with E-state index in [0.717, 1.165) is 29.8 Å². The lowest BCUT2D eigenvalue weighted by Crippen LogP contribution is -2.42. The maximum Gasteiger partial charge on any atom is 0.282 e. The van der Waals surface area contributed by atoms with Gasteiger partial charge in [-0.3, -0.25) is 14.6 Å². The fourth-order valence-corrected chi connectivity index (χ4v) is 5.41. The number of aromatic nitrogens is 2. The number of ether oxygens (including phenoxy) is 1. The zero-order chi connectivity index (χ0) is 21.3. The average molecular weight is 469 g/mol. The Labute approximate surface area is 188 Å². The van der Waals surface area contributed by atoms with Crippen molar-refractivity contribution in [2.75, 3.05) is 33.3 Å². The molecule has 10 heteroatoms. The number of thiazole rings is 1. The van der Waals surface area contributed by atoms with Gasteiger partial charge in [-0.15, -0.1) is 11.3 Å². The molecule has 0 saturated carbocycles. The zero-order valence-corrected chi connectivity index (χ0v) is 18.9. The summed E-state index contributed by atoms with van der Waals surface area (Å²) in [7, 11) is 1.81. The Morgan fingerprint density at radius 3 is 2.63 bits per heavy atom. The quantitative estimate of drug-likeness (QED) is 0.685. The zero-order valence-electron chi connectivity index (χ0n) is 16.6. The molecule has 0 aromatic carbocycles. The molecule has 0 unspecified atom stereocenters. The normalized spacial score (nSPS) is 17.0. The van der Waals surface area contributed by atoms with Crippen molar-refractivity contribution in [3.63, 3.8) is 0 Å². The van der Waals surface area contributed by atoms with Crippen LogP contribution in [0.25, 0.3) is 0 Å². The van der Waals surface area contributed by atoms with E-state index in [9.17, 15) is 9.59 Å². The minimum absolute atomic E-state index is 0.0525. The van der Waals surface area contributed by atoms with Gasteiger partial charge in [-0.2, -0.15) is 0 Å². The van der Waals surface area contributed by atoms with E-state index in [1.54, 1.807) is 9.80 Å². The Morgan fingerprint density at radius 2 is 1.97 bits per heavy atom. The molecule has 0 aliphatic carbocycles. The van der Waals surface area contributed by atoms with Crippen LogP contribution in [0.2, 0.25) is 10.0 Å². The first-order valence-electron chi connectivity index (χ1n) is 9.84. The van der Waals surface area contributed by atoms with Crippen molar-refractivity contribution in [3.05, 3.63) is 43.6 Å². The molecule has 0 N–H and O–H groups in total. The first-order chi connectivity index (χ1) is 14.4. The summed E-state index contributed by atoms with van der Waals surface area (Å²) in [5, 5.41) is 1.05. The van der Waals surface area contributed by atoms with Crippen molar-refractivity contribution < 1.29 is 14.3 Å². The number of hydrogen-bond donors (Lipinski definition) is 0. The highest BCUT2D eigenvalue weighted by Crippen LogP contribution is 2.28. The van der Waals surface area contributed by atoms with Crippen molar-refractivity contribution in [2.24, 2.45) is 5.92 Å². The molecule has 0 radical (unpaired) electrons. The lowest BCUT2D eigenvalue weighted by molar-refractivity contribution is 0.0634. The topological polar surface area (TPSA) is 75.6 Å². The summed E-state index contributed by atoms with van der Waals surface area (Å²) in [4.78, 5) is 38.6. The van der Waals surface area contributed by atoms with E-state index in [-0.39, 0.29) is 21.9 Å². The van der Waals surface area contributed by atoms with Crippen LogP contribution in [-0.2, 0) is 17.8 Å². The Hall–Kier alpha value is -1.74. The second kappa shape index (κ2) is 9.18. The summed E-state index contributed by atoms with van der Waals surface area (Å²) in [6, 6.07) is 0. The molecule has 1 saturated heterocycles. The average Bonchev–Trinajstić information content (AvgIpc) is 3.17.